The molecule has 2 heterocycles. The smallest absolute Gasteiger partial charge is 0.169 e. The molecule has 1 aromatic rings. The van der Waals surface area contributed by atoms with Crippen molar-refractivity contribution >= 4 is 5.82 Å². The first-order chi connectivity index (χ1) is 7.89. The first kappa shape index (κ1) is 12.4. The number of nitrogens with zero attached hydrogens (tertiary/aromatic N) is 3. The van der Waals surface area contributed by atoms with E-state index in [0.29, 0.717) is 11.7 Å². The van der Waals surface area contributed by atoms with Crippen LogP contribution in [0.15, 0.2) is 0 Å². The fourth-order valence-corrected chi connectivity index (χ4v) is 2.46. The van der Waals surface area contributed by atoms with E-state index in [9.17, 15) is 0 Å². The molecule has 0 amide bonds. The molecular formula is C12H22N4O. The Hall–Kier alpha value is -1.10. The Bertz CT molecular complexity index is 397. The lowest BCUT2D eigenvalue weighted by Crippen LogP contribution is -2.24. The van der Waals surface area contributed by atoms with E-state index in [4.69, 9.17) is 10.5 Å². The topological polar surface area (TPSA) is 66.0 Å². The Morgan fingerprint density at radius 2 is 2.24 bits per heavy atom. The van der Waals surface area contributed by atoms with Crippen LogP contribution in [0.25, 0.3) is 0 Å². The van der Waals surface area contributed by atoms with Gasteiger partial charge in [0.2, 0.25) is 0 Å². The number of aromatic nitrogens is 3. The van der Waals surface area contributed by atoms with E-state index in [2.05, 4.69) is 38.0 Å². The van der Waals surface area contributed by atoms with Gasteiger partial charge in [0.1, 0.15) is 0 Å². The molecule has 2 N–H and O–H groups in total. The van der Waals surface area contributed by atoms with Gasteiger partial charge in [-0.15, -0.1) is 5.10 Å². The van der Waals surface area contributed by atoms with Crippen LogP contribution in [0.2, 0.25) is 0 Å². The number of rotatable bonds is 3. The van der Waals surface area contributed by atoms with Crippen molar-refractivity contribution in [3.8, 4) is 0 Å². The van der Waals surface area contributed by atoms with E-state index < -0.39 is 0 Å². The molecule has 1 aliphatic rings. The van der Waals surface area contributed by atoms with Gasteiger partial charge in [0, 0.05) is 0 Å². The van der Waals surface area contributed by atoms with Crippen molar-refractivity contribution in [2.75, 3.05) is 5.73 Å². The lowest BCUT2D eigenvalue weighted by Gasteiger charge is -2.20. The highest BCUT2D eigenvalue weighted by Gasteiger charge is 2.32. The van der Waals surface area contributed by atoms with Crippen LogP contribution in [0.3, 0.4) is 0 Å². The van der Waals surface area contributed by atoms with Gasteiger partial charge in [-0.1, -0.05) is 19.1 Å². The Labute approximate surface area is 102 Å². The van der Waals surface area contributed by atoms with Gasteiger partial charge in [-0.25, -0.2) is 4.68 Å². The second-order valence-corrected chi connectivity index (χ2v) is 5.73. The molecule has 1 fully saturated rings. The molecule has 0 aromatic carbocycles. The third-order valence-electron chi connectivity index (χ3n) is 3.28. The second kappa shape index (κ2) is 4.29. The maximum absolute atomic E-state index is 5.97. The number of hydrogen-bond donors (Lipinski definition) is 1. The van der Waals surface area contributed by atoms with Gasteiger partial charge in [-0.3, -0.25) is 0 Å². The monoisotopic (exact) mass is 238 g/mol. The molecule has 0 bridgehead atoms. The first-order valence-corrected chi connectivity index (χ1v) is 6.26. The highest BCUT2D eigenvalue weighted by molar-refractivity contribution is 5.35. The predicted molar refractivity (Wildman–Crippen MR) is 66.7 cm³/mol. The van der Waals surface area contributed by atoms with E-state index in [-0.39, 0.29) is 11.7 Å². The van der Waals surface area contributed by atoms with Crippen molar-refractivity contribution in [3.63, 3.8) is 0 Å². The van der Waals surface area contributed by atoms with Gasteiger partial charge in [0.05, 0.1) is 23.9 Å². The molecule has 0 saturated carbocycles. The van der Waals surface area contributed by atoms with Crippen LogP contribution in [0, 0.1) is 0 Å². The molecule has 1 atom stereocenters. The highest BCUT2D eigenvalue weighted by Crippen LogP contribution is 2.31. The van der Waals surface area contributed by atoms with Gasteiger partial charge in [-0.05, 0) is 32.6 Å². The van der Waals surface area contributed by atoms with Gasteiger partial charge in [-0.2, -0.15) is 0 Å². The Morgan fingerprint density at radius 3 is 2.76 bits per heavy atom. The van der Waals surface area contributed by atoms with Crippen LogP contribution in [0.1, 0.15) is 52.1 Å². The Morgan fingerprint density at radius 1 is 1.53 bits per heavy atom. The minimum atomic E-state index is -0.00517. The minimum absolute atomic E-state index is 0.00517. The van der Waals surface area contributed by atoms with Crippen LogP contribution >= 0.6 is 0 Å². The summed E-state index contributed by atoms with van der Waals surface area (Å²) in [6.45, 7) is 9.22. The van der Waals surface area contributed by atoms with Crippen molar-refractivity contribution in [3.05, 3.63) is 5.69 Å². The van der Waals surface area contributed by atoms with E-state index in [1.54, 1.807) is 0 Å². The normalized spacial score (nSPS) is 23.5. The summed E-state index contributed by atoms with van der Waals surface area (Å²) in [5.41, 5.74) is 6.84. The highest BCUT2D eigenvalue weighted by atomic mass is 16.5. The molecule has 5 nitrogen and oxygen atoms in total. The average molecular weight is 238 g/mol. The molecule has 17 heavy (non-hydrogen) atoms. The number of anilines is 1. The van der Waals surface area contributed by atoms with E-state index in [0.717, 1.165) is 25.1 Å². The van der Waals surface area contributed by atoms with Gasteiger partial charge >= 0.3 is 0 Å². The average Bonchev–Trinajstić information content (AvgIpc) is 2.71. The zero-order valence-electron chi connectivity index (χ0n) is 11.1. The van der Waals surface area contributed by atoms with Crippen molar-refractivity contribution in [2.24, 2.45) is 0 Å². The molecule has 1 unspecified atom stereocenters. The predicted octanol–water partition coefficient (Wildman–Crippen LogP) is 1.94. The molecule has 0 aliphatic carbocycles. The molecule has 1 saturated heterocycles. The summed E-state index contributed by atoms with van der Waals surface area (Å²) >= 11 is 0. The fraction of sp³-hybridized carbons (Fsp3) is 0.833. The van der Waals surface area contributed by atoms with Crippen LogP contribution in [0.5, 0.6) is 0 Å². The lowest BCUT2D eigenvalue weighted by molar-refractivity contribution is -0.0235. The molecule has 0 spiro atoms. The van der Waals surface area contributed by atoms with Crippen molar-refractivity contribution in [1.29, 1.82) is 0 Å². The van der Waals surface area contributed by atoms with Crippen LogP contribution in [-0.4, -0.2) is 26.7 Å². The minimum Gasteiger partial charge on any atom is -0.381 e. The number of ether oxygens (including phenoxy) is 1. The van der Waals surface area contributed by atoms with Crippen molar-refractivity contribution in [1.82, 2.24) is 15.0 Å². The van der Waals surface area contributed by atoms with Gasteiger partial charge in [0.25, 0.3) is 0 Å². The SMILES string of the molecule is CC(C)c1c(N)nnn1CC1CCC(C)(C)O1. The van der Waals surface area contributed by atoms with E-state index in [1.807, 2.05) is 4.68 Å². The molecule has 96 valence electrons. The number of nitrogens with two attached hydrogens (primary N) is 1. The summed E-state index contributed by atoms with van der Waals surface area (Å²) in [5, 5.41) is 8.06. The maximum atomic E-state index is 5.97. The third kappa shape index (κ3) is 2.60. The Balaban J connectivity index is 2.10. The van der Waals surface area contributed by atoms with E-state index >= 15 is 0 Å². The molecule has 1 aliphatic heterocycles. The van der Waals surface area contributed by atoms with Crippen molar-refractivity contribution in [2.45, 2.75) is 64.7 Å². The lowest BCUT2D eigenvalue weighted by atomic mass is 10.1. The summed E-state index contributed by atoms with van der Waals surface area (Å²) in [7, 11) is 0. The molecule has 5 heteroatoms. The fourth-order valence-electron chi connectivity index (χ4n) is 2.46. The quantitative estimate of drug-likeness (QED) is 0.874. The third-order valence-corrected chi connectivity index (χ3v) is 3.28. The second-order valence-electron chi connectivity index (χ2n) is 5.73. The zero-order chi connectivity index (χ0) is 12.6. The van der Waals surface area contributed by atoms with Crippen LogP contribution < -0.4 is 5.73 Å². The summed E-state index contributed by atoms with van der Waals surface area (Å²) < 4.78 is 7.86. The Kier molecular flexibility index (Phi) is 3.12. The summed E-state index contributed by atoms with van der Waals surface area (Å²) in [6.07, 6.45) is 2.40. The molecular weight excluding hydrogens is 216 g/mol. The first-order valence-electron chi connectivity index (χ1n) is 6.26. The summed E-state index contributed by atoms with van der Waals surface area (Å²) in [6, 6.07) is 0. The van der Waals surface area contributed by atoms with Gasteiger partial charge < -0.3 is 10.5 Å². The largest absolute Gasteiger partial charge is 0.381 e. The summed E-state index contributed by atoms with van der Waals surface area (Å²) in [5.74, 6) is 0.872. The maximum Gasteiger partial charge on any atom is 0.169 e. The van der Waals surface area contributed by atoms with E-state index in [1.165, 1.54) is 0 Å². The molecule has 0 radical (unpaired) electrons. The van der Waals surface area contributed by atoms with Gasteiger partial charge in [0.15, 0.2) is 5.82 Å². The number of hydrogen-bond acceptors (Lipinski definition) is 4. The molecule has 1 aromatic heterocycles. The summed E-state index contributed by atoms with van der Waals surface area (Å²) in [4.78, 5) is 0. The molecule has 2 rings (SSSR count). The standard InChI is InChI=1S/C12H22N4O/c1-8(2)10-11(13)14-15-16(10)7-9-5-6-12(3,4)17-9/h8-9H,5-7,13H2,1-4H3. The van der Waals surface area contributed by atoms with Crippen LogP contribution in [-0.2, 0) is 11.3 Å². The van der Waals surface area contributed by atoms with Crippen molar-refractivity contribution < 1.29 is 4.74 Å². The van der Waals surface area contributed by atoms with Crippen LogP contribution in [0.4, 0.5) is 5.82 Å². The number of nitrogen functional groups attached to an aromatic ring is 1. The zero-order valence-corrected chi connectivity index (χ0v) is 11.1.